The van der Waals surface area contributed by atoms with Gasteiger partial charge in [-0.1, -0.05) is 24.3 Å². The number of carbonyl (C=O) groups excluding carboxylic acids is 1. The van der Waals surface area contributed by atoms with Crippen LogP contribution < -0.4 is 15.6 Å². The fraction of sp³-hybridized carbons (Fsp3) is 0.190. The molecule has 0 aliphatic carbocycles. The molecule has 0 aliphatic heterocycles. The number of amides is 1. The van der Waals surface area contributed by atoms with Crippen molar-refractivity contribution < 1.29 is 9.53 Å². The van der Waals surface area contributed by atoms with E-state index in [0.717, 1.165) is 21.8 Å². The van der Waals surface area contributed by atoms with E-state index in [4.69, 9.17) is 4.74 Å². The van der Waals surface area contributed by atoms with Crippen LogP contribution >= 0.6 is 11.8 Å². The van der Waals surface area contributed by atoms with Crippen LogP contribution in [0.2, 0.25) is 0 Å². The average Bonchev–Trinajstić information content (AvgIpc) is 2.74. The van der Waals surface area contributed by atoms with Crippen LogP contribution in [-0.2, 0) is 17.9 Å². The summed E-state index contributed by atoms with van der Waals surface area (Å²) in [5.41, 5.74) is 2.17. The molecule has 0 radical (unpaired) electrons. The average molecular weight is 395 g/mol. The second-order valence-corrected chi connectivity index (χ2v) is 6.95. The van der Waals surface area contributed by atoms with Crippen LogP contribution in [0.4, 0.5) is 0 Å². The molecule has 7 heteroatoms. The minimum Gasteiger partial charge on any atom is -0.497 e. The fourth-order valence-corrected chi connectivity index (χ4v) is 3.02. The quantitative estimate of drug-likeness (QED) is 0.623. The third-order valence-electron chi connectivity index (χ3n) is 4.19. The Labute approximate surface area is 167 Å². The van der Waals surface area contributed by atoms with Crippen LogP contribution in [0.25, 0.3) is 11.3 Å². The highest BCUT2D eigenvalue weighted by Gasteiger charge is 2.08. The number of carbonyl (C=O) groups is 1. The number of hydrogen-bond acceptors (Lipinski definition) is 5. The van der Waals surface area contributed by atoms with Crippen molar-refractivity contribution in [2.45, 2.75) is 18.0 Å². The molecule has 3 aromatic rings. The first-order chi connectivity index (χ1) is 13.6. The minimum absolute atomic E-state index is 0.133. The first-order valence-corrected chi connectivity index (χ1v) is 9.94. The van der Waals surface area contributed by atoms with Gasteiger partial charge in [-0.25, -0.2) is 4.68 Å². The van der Waals surface area contributed by atoms with E-state index in [9.17, 15) is 9.59 Å². The molecule has 0 spiro atoms. The van der Waals surface area contributed by atoms with Crippen LogP contribution in [0.1, 0.15) is 5.56 Å². The molecular formula is C21H21N3O3S. The van der Waals surface area contributed by atoms with Gasteiger partial charge in [0.25, 0.3) is 5.56 Å². The predicted molar refractivity (Wildman–Crippen MR) is 111 cm³/mol. The summed E-state index contributed by atoms with van der Waals surface area (Å²) in [6, 6.07) is 18.4. The molecule has 0 saturated carbocycles. The number of hydrogen-bond donors (Lipinski definition) is 1. The Kier molecular flexibility index (Phi) is 6.49. The maximum atomic E-state index is 12.3. The summed E-state index contributed by atoms with van der Waals surface area (Å²) in [6.07, 6.45) is 2.01. The van der Waals surface area contributed by atoms with Gasteiger partial charge in [0.1, 0.15) is 12.3 Å². The van der Waals surface area contributed by atoms with Crippen molar-refractivity contribution in [1.29, 1.82) is 0 Å². The van der Waals surface area contributed by atoms with E-state index in [1.165, 1.54) is 10.7 Å². The highest BCUT2D eigenvalue weighted by atomic mass is 32.2. The molecule has 1 N–H and O–H groups in total. The lowest BCUT2D eigenvalue weighted by molar-refractivity contribution is -0.122. The Morgan fingerprint density at radius 2 is 1.79 bits per heavy atom. The van der Waals surface area contributed by atoms with Crippen molar-refractivity contribution in [3.05, 3.63) is 76.6 Å². The Balaban J connectivity index is 1.66. The SMILES string of the molecule is COc1ccc(CNC(=O)Cn2nc(-c3ccc(SC)cc3)ccc2=O)cc1. The zero-order valence-electron chi connectivity index (χ0n) is 15.7. The molecule has 28 heavy (non-hydrogen) atoms. The third kappa shape index (κ3) is 5.01. The molecule has 2 aromatic carbocycles. The number of benzene rings is 2. The third-order valence-corrected chi connectivity index (χ3v) is 4.94. The van der Waals surface area contributed by atoms with Crippen molar-refractivity contribution in [3.8, 4) is 17.0 Å². The predicted octanol–water partition coefficient (Wildman–Crippen LogP) is 2.96. The molecule has 1 amide bonds. The van der Waals surface area contributed by atoms with E-state index in [1.54, 1.807) is 24.9 Å². The van der Waals surface area contributed by atoms with Gasteiger partial charge in [0, 0.05) is 23.1 Å². The lowest BCUT2D eigenvalue weighted by Crippen LogP contribution is -2.33. The van der Waals surface area contributed by atoms with Gasteiger partial charge in [0.05, 0.1) is 12.8 Å². The van der Waals surface area contributed by atoms with Crippen molar-refractivity contribution in [1.82, 2.24) is 15.1 Å². The van der Waals surface area contributed by atoms with Crippen LogP contribution in [-0.4, -0.2) is 29.1 Å². The topological polar surface area (TPSA) is 73.2 Å². The molecule has 0 fully saturated rings. The summed E-state index contributed by atoms with van der Waals surface area (Å²) in [6.45, 7) is 0.235. The second kappa shape index (κ2) is 9.23. The molecule has 6 nitrogen and oxygen atoms in total. The zero-order valence-corrected chi connectivity index (χ0v) is 16.5. The number of aromatic nitrogens is 2. The zero-order chi connectivity index (χ0) is 19.9. The summed E-state index contributed by atoms with van der Waals surface area (Å²) in [4.78, 5) is 25.5. The number of methoxy groups -OCH3 is 1. The lowest BCUT2D eigenvalue weighted by atomic mass is 10.1. The van der Waals surface area contributed by atoms with Gasteiger partial charge in [-0.05, 0) is 42.2 Å². The summed E-state index contributed by atoms with van der Waals surface area (Å²) in [5, 5.41) is 7.14. The molecule has 144 valence electrons. The van der Waals surface area contributed by atoms with Gasteiger partial charge in [0.2, 0.25) is 5.91 Å². The highest BCUT2D eigenvalue weighted by molar-refractivity contribution is 7.98. The van der Waals surface area contributed by atoms with E-state index in [1.807, 2.05) is 54.8 Å². The summed E-state index contributed by atoms with van der Waals surface area (Å²) in [7, 11) is 1.60. The number of rotatable bonds is 7. The van der Waals surface area contributed by atoms with Crippen molar-refractivity contribution >= 4 is 17.7 Å². The van der Waals surface area contributed by atoms with Gasteiger partial charge in [-0.3, -0.25) is 9.59 Å². The molecule has 0 saturated heterocycles. The maximum Gasteiger partial charge on any atom is 0.267 e. The molecule has 3 rings (SSSR count). The van der Waals surface area contributed by atoms with Gasteiger partial charge in [0.15, 0.2) is 0 Å². The van der Waals surface area contributed by atoms with Gasteiger partial charge in [-0.15, -0.1) is 11.8 Å². The Hall–Kier alpha value is -3.06. The number of nitrogens with one attached hydrogen (secondary N) is 1. The van der Waals surface area contributed by atoms with Crippen LogP contribution in [0, 0.1) is 0 Å². The van der Waals surface area contributed by atoms with Gasteiger partial charge in [-0.2, -0.15) is 5.10 Å². The Bertz CT molecular complexity index is 999. The molecule has 0 aliphatic rings. The number of nitrogens with zero attached hydrogens (tertiary/aromatic N) is 2. The molecule has 1 heterocycles. The van der Waals surface area contributed by atoms with Crippen molar-refractivity contribution in [2.24, 2.45) is 0 Å². The summed E-state index contributed by atoms with van der Waals surface area (Å²) < 4.78 is 6.29. The fourth-order valence-electron chi connectivity index (χ4n) is 2.61. The van der Waals surface area contributed by atoms with E-state index in [0.29, 0.717) is 12.2 Å². The molecule has 0 atom stereocenters. The molecular weight excluding hydrogens is 374 g/mol. The monoisotopic (exact) mass is 395 g/mol. The largest absolute Gasteiger partial charge is 0.497 e. The van der Waals surface area contributed by atoms with Gasteiger partial charge < -0.3 is 10.1 Å². The minimum atomic E-state index is -0.316. The number of thioether (sulfide) groups is 1. The van der Waals surface area contributed by atoms with Gasteiger partial charge >= 0.3 is 0 Å². The highest BCUT2D eigenvalue weighted by Crippen LogP contribution is 2.20. The summed E-state index contributed by atoms with van der Waals surface area (Å²) in [5.74, 6) is 0.480. The van der Waals surface area contributed by atoms with Crippen LogP contribution in [0.5, 0.6) is 5.75 Å². The molecule has 1 aromatic heterocycles. The first kappa shape index (κ1) is 19.7. The Morgan fingerprint density at radius 1 is 1.07 bits per heavy atom. The van der Waals surface area contributed by atoms with E-state index in [2.05, 4.69) is 10.4 Å². The number of ether oxygens (including phenoxy) is 1. The van der Waals surface area contributed by atoms with E-state index < -0.39 is 0 Å². The van der Waals surface area contributed by atoms with Crippen molar-refractivity contribution in [3.63, 3.8) is 0 Å². The maximum absolute atomic E-state index is 12.3. The van der Waals surface area contributed by atoms with Crippen LogP contribution in [0.3, 0.4) is 0 Å². The normalized spacial score (nSPS) is 10.5. The van der Waals surface area contributed by atoms with E-state index in [-0.39, 0.29) is 18.0 Å². The first-order valence-electron chi connectivity index (χ1n) is 8.71. The smallest absolute Gasteiger partial charge is 0.267 e. The second-order valence-electron chi connectivity index (χ2n) is 6.07. The standard InChI is InChI=1S/C21H21N3O3S/c1-27-17-7-3-15(4-8-17)13-22-20(25)14-24-21(26)12-11-19(23-24)16-5-9-18(28-2)10-6-16/h3-12H,13-14H2,1-2H3,(H,22,25). The lowest BCUT2D eigenvalue weighted by Gasteiger charge is -2.09. The van der Waals surface area contributed by atoms with Crippen LogP contribution in [0.15, 0.2) is 70.4 Å². The molecule has 0 bridgehead atoms. The molecule has 0 unspecified atom stereocenters. The Morgan fingerprint density at radius 3 is 2.43 bits per heavy atom. The van der Waals surface area contributed by atoms with E-state index >= 15 is 0 Å². The summed E-state index contributed by atoms with van der Waals surface area (Å²) >= 11 is 1.66. The van der Waals surface area contributed by atoms with Crippen molar-refractivity contribution in [2.75, 3.05) is 13.4 Å².